The third-order valence-electron chi connectivity index (χ3n) is 4.95. The van der Waals surface area contributed by atoms with Crippen LogP contribution in [-0.2, 0) is 4.79 Å². The third kappa shape index (κ3) is 5.76. The third-order valence-corrected chi connectivity index (χ3v) is 6.75. The molecular weight excluding hydrogens is 532 g/mol. The fourth-order valence-electron chi connectivity index (χ4n) is 3.30. The molecule has 2 aliphatic rings. The number of benzene rings is 2. The fraction of sp³-hybridized carbons (Fsp3) is 0.280. The Bertz CT molecular complexity index is 1230. The summed E-state index contributed by atoms with van der Waals surface area (Å²) in [5.74, 6) is 1.53. The number of aliphatic imine (C=N–C) groups is 1. The van der Waals surface area contributed by atoms with Crippen molar-refractivity contribution in [3.8, 4) is 17.2 Å². The summed E-state index contributed by atoms with van der Waals surface area (Å²) in [6.45, 7) is 7.02. The minimum atomic E-state index is -0.471. The summed E-state index contributed by atoms with van der Waals surface area (Å²) in [6.07, 6.45) is 1.62. The van der Waals surface area contributed by atoms with Crippen LogP contribution < -0.4 is 14.2 Å². The molecule has 1 N–H and O–H groups in total. The lowest BCUT2D eigenvalue weighted by molar-refractivity contribution is -0.114. The Morgan fingerprint density at radius 1 is 1.14 bits per heavy atom. The summed E-state index contributed by atoms with van der Waals surface area (Å²) in [6, 6.07) is 13.1. The second-order valence-electron chi connectivity index (χ2n) is 7.89. The highest BCUT2D eigenvalue weighted by Crippen LogP contribution is 2.38. The summed E-state index contributed by atoms with van der Waals surface area (Å²) in [7, 11) is 0. The number of halogens is 1. The first-order valence-corrected chi connectivity index (χ1v) is 12.8. The maximum atomic E-state index is 12.7. The summed E-state index contributed by atoms with van der Waals surface area (Å²) >= 11 is 4.87. The number of para-hydroxylation sites is 1. The number of fused-ring (bicyclic) bond motifs is 1. The van der Waals surface area contributed by atoms with Crippen molar-refractivity contribution < 1.29 is 19.0 Å². The van der Waals surface area contributed by atoms with Crippen LogP contribution in [0.25, 0.3) is 6.08 Å². The number of nitrogens with zero attached hydrogens (tertiary/aromatic N) is 3. The molecule has 0 spiro atoms. The number of amides is 1. The quantitative estimate of drug-likeness (QED) is 0.320. The van der Waals surface area contributed by atoms with Crippen molar-refractivity contribution in [3.63, 3.8) is 0 Å². The molecule has 1 amide bonds. The molecule has 182 valence electrons. The first-order valence-electron chi connectivity index (χ1n) is 11.1. The van der Waals surface area contributed by atoms with Crippen molar-refractivity contribution in [3.05, 3.63) is 58.1 Å². The van der Waals surface area contributed by atoms with E-state index in [1.165, 1.54) is 16.8 Å². The number of amidine groups is 2. The second kappa shape index (κ2) is 11.1. The van der Waals surface area contributed by atoms with Crippen molar-refractivity contribution in [2.75, 3.05) is 19.8 Å². The second-order valence-corrected chi connectivity index (χ2v) is 9.73. The molecule has 2 aliphatic heterocycles. The predicted molar refractivity (Wildman–Crippen MR) is 143 cm³/mol. The van der Waals surface area contributed by atoms with Gasteiger partial charge in [-0.25, -0.2) is 0 Å². The van der Waals surface area contributed by atoms with E-state index in [-0.39, 0.29) is 17.3 Å². The van der Waals surface area contributed by atoms with Gasteiger partial charge in [-0.05, 0) is 70.5 Å². The average molecular weight is 557 g/mol. The summed E-state index contributed by atoms with van der Waals surface area (Å²) in [5.41, 5.74) is 0.822. The molecule has 0 aliphatic carbocycles. The van der Waals surface area contributed by atoms with Crippen LogP contribution in [0.5, 0.6) is 17.2 Å². The van der Waals surface area contributed by atoms with Gasteiger partial charge in [0, 0.05) is 5.92 Å². The predicted octanol–water partition coefficient (Wildman–Crippen LogP) is 5.58. The highest BCUT2D eigenvalue weighted by Gasteiger charge is 2.36. The Hall–Kier alpha value is -3.11. The molecule has 0 fully saturated rings. The Kier molecular flexibility index (Phi) is 7.92. The first-order chi connectivity index (χ1) is 16.9. The Morgan fingerprint density at radius 2 is 1.89 bits per heavy atom. The highest BCUT2D eigenvalue weighted by molar-refractivity contribution is 9.10. The normalized spacial score (nSPS) is 16.4. The van der Waals surface area contributed by atoms with E-state index in [0.717, 1.165) is 10.8 Å². The maximum absolute atomic E-state index is 12.7. The fourth-order valence-corrected chi connectivity index (χ4v) is 4.77. The maximum Gasteiger partial charge on any atom is 0.283 e. The van der Waals surface area contributed by atoms with E-state index in [2.05, 4.69) is 26.0 Å². The van der Waals surface area contributed by atoms with E-state index in [4.69, 9.17) is 19.6 Å². The van der Waals surface area contributed by atoms with Crippen LogP contribution in [0, 0.1) is 11.3 Å². The number of hydrogen-bond acceptors (Lipinski definition) is 7. The van der Waals surface area contributed by atoms with Crippen LogP contribution in [0.15, 0.2) is 62.6 Å². The van der Waals surface area contributed by atoms with E-state index in [1.807, 2.05) is 57.2 Å². The van der Waals surface area contributed by atoms with E-state index >= 15 is 0 Å². The van der Waals surface area contributed by atoms with Gasteiger partial charge in [0.25, 0.3) is 5.91 Å². The van der Waals surface area contributed by atoms with Gasteiger partial charge >= 0.3 is 0 Å². The number of hydrogen-bond donors (Lipinski definition) is 1. The number of thioether (sulfide) groups is 1. The Balaban J connectivity index is 1.53. The van der Waals surface area contributed by atoms with Crippen molar-refractivity contribution in [1.82, 2.24) is 5.01 Å². The van der Waals surface area contributed by atoms with Crippen LogP contribution in [-0.4, -0.2) is 46.8 Å². The largest absolute Gasteiger partial charge is 0.490 e. The number of carbonyl (C=O) groups is 1. The zero-order valence-corrected chi connectivity index (χ0v) is 22.0. The Morgan fingerprint density at radius 3 is 2.60 bits per heavy atom. The van der Waals surface area contributed by atoms with Gasteiger partial charge in [0.2, 0.25) is 5.17 Å². The Labute approximate surface area is 216 Å². The minimum absolute atomic E-state index is 0.00406. The summed E-state index contributed by atoms with van der Waals surface area (Å²) in [5, 5.41) is 15.7. The molecular formula is C25H25BrN4O4S. The number of carbonyl (C=O) groups excluding carboxylic acids is 1. The van der Waals surface area contributed by atoms with Gasteiger partial charge in [0.15, 0.2) is 17.3 Å². The molecule has 0 radical (unpaired) electrons. The standard InChI is InChI=1S/C25H25BrN4O4S/c1-4-32-20-14-16(13-19(26)21(20)34-11-10-33-17-8-6-5-7-9-17)12-18-22(27)30-25(28-23(18)31)35-24(29-30)15(2)3/h5-9,12-15,27H,4,10-11H2,1-3H3/b18-12+,27-22?. The van der Waals surface area contributed by atoms with E-state index in [0.29, 0.717) is 46.5 Å². The molecule has 0 saturated heterocycles. The van der Waals surface area contributed by atoms with Gasteiger partial charge in [-0.2, -0.15) is 15.1 Å². The van der Waals surface area contributed by atoms with Crippen molar-refractivity contribution in [2.24, 2.45) is 16.0 Å². The number of nitrogens with one attached hydrogen (secondary N) is 1. The van der Waals surface area contributed by atoms with Crippen molar-refractivity contribution >= 4 is 55.7 Å². The lowest BCUT2D eigenvalue weighted by Crippen LogP contribution is -2.35. The first kappa shape index (κ1) is 25.0. The number of rotatable bonds is 9. The van der Waals surface area contributed by atoms with Gasteiger partial charge in [0.05, 0.1) is 16.7 Å². The van der Waals surface area contributed by atoms with Crippen molar-refractivity contribution in [1.29, 1.82) is 5.41 Å². The van der Waals surface area contributed by atoms with Crippen LogP contribution in [0.4, 0.5) is 0 Å². The molecule has 0 saturated carbocycles. The average Bonchev–Trinajstić information content (AvgIpc) is 3.26. The molecule has 8 nitrogen and oxygen atoms in total. The highest BCUT2D eigenvalue weighted by atomic mass is 79.9. The molecule has 0 aromatic heterocycles. The molecule has 0 unspecified atom stereocenters. The molecule has 10 heteroatoms. The molecule has 0 bridgehead atoms. The molecule has 0 atom stereocenters. The number of ether oxygens (including phenoxy) is 3. The zero-order chi connectivity index (χ0) is 24.9. The zero-order valence-electron chi connectivity index (χ0n) is 19.6. The van der Waals surface area contributed by atoms with E-state index in [9.17, 15) is 4.79 Å². The van der Waals surface area contributed by atoms with Gasteiger partial charge < -0.3 is 14.2 Å². The summed E-state index contributed by atoms with van der Waals surface area (Å²) in [4.78, 5) is 16.9. The smallest absolute Gasteiger partial charge is 0.283 e. The van der Waals surface area contributed by atoms with Crippen LogP contribution >= 0.6 is 27.7 Å². The molecule has 4 rings (SSSR count). The van der Waals surface area contributed by atoms with Gasteiger partial charge in [0.1, 0.15) is 24.0 Å². The van der Waals surface area contributed by atoms with Gasteiger partial charge in [-0.3, -0.25) is 10.2 Å². The summed E-state index contributed by atoms with van der Waals surface area (Å²) < 4.78 is 18.1. The molecule has 2 aromatic carbocycles. The molecule has 2 aromatic rings. The van der Waals surface area contributed by atoms with E-state index < -0.39 is 5.91 Å². The van der Waals surface area contributed by atoms with Crippen LogP contribution in [0.3, 0.4) is 0 Å². The van der Waals surface area contributed by atoms with Crippen LogP contribution in [0.1, 0.15) is 26.3 Å². The van der Waals surface area contributed by atoms with Crippen molar-refractivity contribution in [2.45, 2.75) is 20.8 Å². The SMILES string of the molecule is CCOc1cc(/C=C2\C(=N)N3N=C(C(C)C)SC3=NC2=O)cc(Br)c1OCCOc1ccccc1. The lowest BCUT2D eigenvalue weighted by atomic mass is 10.1. The van der Waals surface area contributed by atoms with Gasteiger partial charge in [-0.1, -0.05) is 32.0 Å². The van der Waals surface area contributed by atoms with E-state index in [1.54, 1.807) is 12.1 Å². The lowest BCUT2D eigenvalue weighted by Gasteiger charge is -2.20. The number of hydrazone groups is 1. The van der Waals surface area contributed by atoms with Crippen LogP contribution in [0.2, 0.25) is 0 Å². The topological polar surface area (TPSA) is 96.6 Å². The molecule has 35 heavy (non-hydrogen) atoms. The molecule has 2 heterocycles. The van der Waals surface area contributed by atoms with Gasteiger partial charge in [-0.15, -0.1) is 0 Å². The minimum Gasteiger partial charge on any atom is -0.490 e. The monoisotopic (exact) mass is 556 g/mol.